The Morgan fingerprint density at radius 2 is 2.07 bits per heavy atom. The topological polar surface area (TPSA) is 91.5 Å². The van der Waals surface area contributed by atoms with Gasteiger partial charge in [0.15, 0.2) is 5.69 Å². The minimum atomic E-state index is -0.370. The molecule has 2 aromatic rings. The Bertz CT molecular complexity index is 1080. The van der Waals surface area contributed by atoms with Crippen molar-refractivity contribution in [1.29, 1.82) is 5.26 Å². The number of aromatic nitrogens is 2. The van der Waals surface area contributed by atoms with Gasteiger partial charge in [-0.3, -0.25) is 4.79 Å². The third-order valence-electron chi connectivity index (χ3n) is 6.24. The standard InChI is InChI=1S/C21H17Cl2N5O2/c22-15-3-1-2-14(18(15)23)16-4-5-27-28(16)19(29)21-9-20(10-21,11-21)12-30-17-8-25-13(6-24)7-26-17/h1-3,5,7-8,16H,4,9-12H2. The van der Waals surface area contributed by atoms with Gasteiger partial charge in [-0.25, -0.2) is 15.0 Å². The Morgan fingerprint density at radius 1 is 1.27 bits per heavy atom. The average Bonchev–Trinajstić information content (AvgIpc) is 3.18. The van der Waals surface area contributed by atoms with Gasteiger partial charge in [0.2, 0.25) is 11.8 Å². The molecule has 0 spiro atoms. The second-order valence-corrected chi connectivity index (χ2v) is 9.08. The van der Waals surface area contributed by atoms with Crippen molar-refractivity contribution < 1.29 is 9.53 Å². The molecule has 2 bridgehead atoms. The zero-order chi connectivity index (χ0) is 20.9. The first kappa shape index (κ1) is 19.3. The van der Waals surface area contributed by atoms with E-state index in [0.29, 0.717) is 29.0 Å². The van der Waals surface area contributed by atoms with Gasteiger partial charge in [0.25, 0.3) is 0 Å². The molecule has 30 heavy (non-hydrogen) atoms. The SMILES string of the molecule is N#Cc1cnc(OCC23CC(C(=O)N4N=CCC4c4cccc(Cl)c4Cl)(C2)C3)cn1. The number of halogens is 2. The molecule has 9 heteroatoms. The summed E-state index contributed by atoms with van der Waals surface area (Å²) in [5.41, 5.74) is 0.694. The number of hydrogen-bond acceptors (Lipinski definition) is 6. The van der Waals surface area contributed by atoms with E-state index in [1.807, 2.05) is 18.2 Å². The van der Waals surface area contributed by atoms with Gasteiger partial charge in [0.05, 0.1) is 40.5 Å². The second-order valence-electron chi connectivity index (χ2n) is 8.29. The highest BCUT2D eigenvalue weighted by Crippen LogP contribution is 2.74. The van der Waals surface area contributed by atoms with Gasteiger partial charge < -0.3 is 4.74 Å². The Hall–Kier alpha value is -2.69. The summed E-state index contributed by atoms with van der Waals surface area (Å²) < 4.78 is 5.75. The Kier molecular flexibility index (Phi) is 4.46. The molecule has 1 atom stereocenters. The summed E-state index contributed by atoms with van der Waals surface area (Å²) in [6.07, 6.45) is 7.51. The molecule has 6 rings (SSSR count). The molecule has 7 nitrogen and oxygen atoms in total. The van der Waals surface area contributed by atoms with Crippen LogP contribution in [-0.4, -0.2) is 33.7 Å². The molecular formula is C21H17Cl2N5O2. The van der Waals surface area contributed by atoms with Crippen molar-refractivity contribution in [3.63, 3.8) is 0 Å². The summed E-state index contributed by atoms with van der Waals surface area (Å²) in [6, 6.07) is 7.17. The molecule has 3 aliphatic carbocycles. The minimum Gasteiger partial charge on any atom is -0.476 e. The van der Waals surface area contributed by atoms with Crippen molar-refractivity contribution in [2.45, 2.75) is 31.7 Å². The van der Waals surface area contributed by atoms with E-state index in [9.17, 15) is 4.79 Å². The summed E-state index contributed by atoms with van der Waals surface area (Å²) in [4.78, 5) is 21.3. The average molecular weight is 442 g/mol. The Morgan fingerprint density at radius 3 is 2.77 bits per heavy atom. The van der Waals surface area contributed by atoms with Crippen molar-refractivity contribution in [1.82, 2.24) is 15.0 Å². The van der Waals surface area contributed by atoms with E-state index >= 15 is 0 Å². The van der Waals surface area contributed by atoms with Gasteiger partial charge in [0, 0.05) is 18.1 Å². The van der Waals surface area contributed by atoms with Crippen LogP contribution in [0.2, 0.25) is 10.0 Å². The molecule has 1 aromatic carbocycles. The van der Waals surface area contributed by atoms with Gasteiger partial charge in [-0.15, -0.1) is 0 Å². The third-order valence-corrected chi connectivity index (χ3v) is 7.07. The molecule has 2 heterocycles. The van der Waals surface area contributed by atoms with E-state index in [-0.39, 0.29) is 28.5 Å². The number of rotatable bonds is 5. The number of hydrazone groups is 1. The predicted octanol–water partition coefficient (Wildman–Crippen LogP) is 4.16. The normalized spacial score (nSPS) is 28.4. The monoisotopic (exact) mass is 441 g/mol. The Balaban J connectivity index is 1.23. The zero-order valence-electron chi connectivity index (χ0n) is 15.9. The van der Waals surface area contributed by atoms with Crippen LogP contribution in [0, 0.1) is 22.2 Å². The quantitative estimate of drug-likeness (QED) is 0.694. The van der Waals surface area contributed by atoms with Crippen molar-refractivity contribution in [2.24, 2.45) is 15.9 Å². The van der Waals surface area contributed by atoms with Gasteiger partial charge in [-0.1, -0.05) is 35.3 Å². The summed E-state index contributed by atoms with van der Waals surface area (Å²) >= 11 is 12.5. The van der Waals surface area contributed by atoms with Crippen LogP contribution < -0.4 is 4.74 Å². The lowest BCUT2D eigenvalue weighted by atomic mass is 9.35. The lowest BCUT2D eigenvalue weighted by Crippen LogP contribution is -2.69. The van der Waals surface area contributed by atoms with E-state index in [1.54, 1.807) is 17.3 Å². The van der Waals surface area contributed by atoms with Crippen LogP contribution in [0.15, 0.2) is 35.7 Å². The largest absolute Gasteiger partial charge is 0.476 e. The molecule has 4 aliphatic rings. The summed E-state index contributed by atoms with van der Waals surface area (Å²) in [6.45, 7) is 0.482. The minimum absolute atomic E-state index is 0.00211. The van der Waals surface area contributed by atoms with Crippen LogP contribution in [0.5, 0.6) is 5.88 Å². The second kappa shape index (κ2) is 6.93. The van der Waals surface area contributed by atoms with Crippen LogP contribution in [0.4, 0.5) is 0 Å². The van der Waals surface area contributed by atoms with Gasteiger partial charge >= 0.3 is 0 Å². The Labute approximate surface area is 183 Å². The molecule has 0 N–H and O–H groups in total. The molecule has 0 radical (unpaired) electrons. The van der Waals surface area contributed by atoms with E-state index in [0.717, 1.165) is 24.8 Å². The van der Waals surface area contributed by atoms with Crippen LogP contribution in [-0.2, 0) is 4.79 Å². The number of ether oxygens (including phenoxy) is 1. The van der Waals surface area contributed by atoms with E-state index in [4.69, 9.17) is 33.2 Å². The molecular weight excluding hydrogens is 425 g/mol. The molecule has 1 amide bonds. The molecule has 1 aromatic heterocycles. The number of hydrogen-bond donors (Lipinski definition) is 0. The number of amides is 1. The smallest absolute Gasteiger partial charge is 0.249 e. The summed E-state index contributed by atoms with van der Waals surface area (Å²) in [5.74, 6) is 0.427. The van der Waals surface area contributed by atoms with Crippen LogP contribution >= 0.6 is 23.2 Å². The molecule has 1 aliphatic heterocycles. The maximum absolute atomic E-state index is 13.3. The van der Waals surface area contributed by atoms with Crippen molar-refractivity contribution in [3.8, 4) is 11.9 Å². The predicted molar refractivity (Wildman–Crippen MR) is 110 cm³/mol. The summed E-state index contributed by atoms with van der Waals surface area (Å²) in [7, 11) is 0. The molecule has 3 fully saturated rings. The van der Waals surface area contributed by atoms with Gasteiger partial charge in [-0.2, -0.15) is 10.4 Å². The molecule has 0 saturated heterocycles. The van der Waals surface area contributed by atoms with Crippen molar-refractivity contribution in [2.75, 3.05) is 6.61 Å². The summed E-state index contributed by atoms with van der Waals surface area (Å²) in [5, 5.41) is 15.7. The van der Waals surface area contributed by atoms with Crippen molar-refractivity contribution >= 4 is 35.3 Å². The molecule has 1 unspecified atom stereocenters. The van der Waals surface area contributed by atoms with E-state index in [1.165, 1.54) is 12.4 Å². The number of carbonyl (C=O) groups is 1. The highest BCUT2D eigenvalue weighted by Gasteiger charge is 2.73. The maximum Gasteiger partial charge on any atom is 0.249 e. The fourth-order valence-electron chi connectivity index (χ4n) is 4.94. The van der Waals surface area contributed by atoms with E-state index < -0.39 is 0 Å². The fourth-order valence-corrected chi connectivity index (χ4v) is 5.38. The first-order valence-electron chi connectivity index (χ1n) is 9.60. The first-order chi connectivity index (χ1) is 14.5. The van der Waals surface area contributed by atoms with Crippen molar-refractivity contribution in [3.05, 3.63) is 51.9 Å². The van der Waals surface area contributed by atoms with Crippen LogP contribution in [0.1, 0.15) is 43.0 Å². The number of nitrogens with zero attached hydrogens (tertiary/aromatic N) is 5. The van der Waals surface area contributed by atoms with Crippen LogP contribution in [0.3, 0.4) is 0 Å². The van der Waals surface area contributed by atoms with Gasteiger partial charge in [0.1, 0.15) is 6.07 Å². The van der Waals surface area contributed by atoms with Gasteiger partial charge in [-0.05, 0) is 30.9 Å². The highest BCUT2D eigenvalue weighted by atomic mass is 35.5. The number of nitriles is 1. The zero-order valence-corrected chi connectivity index (χ0v) is 17.4. The number of benzene rings is 1. The third kappa shape index (κ3) is 2.94. The molecule has 3 saturated carbocycles. The lowest BCUT2D eigenvalue weighted by Gasteiger charge is -2.69. The fraction of sp³-hybridized carbons (Fsp3) is 0.381. The van der Waals surface area contributed by atoms with E-state index in [2.05, 4.69) is 15.1 Å². The highest BCUT2D eigenvalue weighted by molar-refractivity contribution is 6.42. The maximum atomic E-state index is 13.3. The van der Waals surface area contributed by atoms with Crippen LogP contribution in [0.25, 0.3) is 0 Å². The lowest BCUT2D eigenvalue weighted by molar-refractivity contribution is -0.227. The molecule has 152 valence electrons. The first-order valence-corrected chi connectivity index (χ1v) is 10.4. The number of carbonyl (C=O) groups excluding carboxylic acids is 1.